The minimum Gasteiger partial charge on any atom is -0.452 e. The number of hydrogen-bond acceptors (Lipinski definition) is 6. The van der Waals surface area contributed by atoms with Crippen molar-refractivity contribution in [2.45, 2.75) is 10.7 Å². The zero-order chi connectivity index (χ0) is 20.0. The number of thioether (sulfide) groups is 1. The molecule has 27 heavy (non-hydrogen) atoms. The van der Waals surface area contributed by atoms with Gasteiger partial charge in [0.25, 0.3) is 17.4 Å². The minimum atomic E-state index is -2.67. The second-order valence-corrected chi connectivity index (χ2v) is 6.36. The predicted octanol–water partition coefficient (Wildman–Crippen LogP) is 4.36. The molecule has 0 radical (unpaired) electrons. The summed E-state index contributed by atoms with van der Waals surface area (Å²) >= 11 is 6.07. The quantitative estimate of drug-likeness (QED) is 0.311. The number of nitro benzene ring substituents is 1. The molecule has 0 aromatic heterocycles. The molecule has 0 unspecified atom stereocenters. The summed E-state index contributed by atoms with van der Waals surface area (Å²) in [6, 6.07) is 9.10. The molecule has 1 amide bonds. The molecule has 0 aliphatic heterocycles. The number of esters is 1. The summed E-state index contributed by atoms with van der Waals surface area (Å²) in [6.07, 6.45) is 0. The molecule has 11 heteroatoms. The fraction of sp³-hybridized carbons (Fsp3) is 0.125. The largest absolute Gasteiger partial charge is 0.452 e. The van der Waals surface area contributed by atoms with Crippen LogP contribution in [0, 0.1) is 10.1 Å². The van der Waals surface area contributed by atoms with Crippen LogP contribution in [-0.2, 0) is 9.53 Å². The highest BCUT2D eigenvalue weighted by Gasteiger charge is 2.19. The van der Waals surface area contributed by atoms with E-state index in [1.54, 1.807) is 6.07 Å². The first-order valence-corrected chi connectivity index (χ1v) is 8.48. The number of para-hydroxylation sites is 1. The van der Waals surface area contributed by atoms with E-state index >= 15 is 0 Å². The molecule has 0 atom stereocenters. The number of halogens is 3. The molecule has 7 nitrogen and oxygen atoms in total. The van der Waals surface area contributed by atoms with Crippen molar-refractivity contribution in [2.75, 3.05) is 11.9 Å². The third-order valence-corrected chi connectivity index (χ3v) is 4.21. The fourth-order valence-electron chi connectivity index (χ4n) is 1.95. The summed E-state index contributed by atoms with van der Waals surface area (Å²) in [5, 5.41) is 13.0. The van der Waals surface area contributed by atoms with E-state index in [-0.39, 0.29) is 38.6 Å². The summed E-state index contributed by atoms with van der Waals surface area (Å²) in [7, 11) is 0. The monoisotopic (exact) mass is 416 g/mol. The Balaban J connectivity index is 2.01. The number of benzene rings is 2. The van der Waals surface area contributed by atoms with Crippen LogP contribution in [0.3, 0.4) is 0 Å². The van der Waals surface area contributed by atoms with Crippen LogP contribution in [0.15, 0.2) is 47.4 Å². The van der Waals surface area contributed by atoms with Gasteiger partial charge in [0.05, 0.1) is 21.2 Å². The van der Waals surface area contributed by atoms with Crippen LogP contribution in [0.5, 0.6) is 0 Å². The zero-order valence-corrected chi connectivity index (χ0v) is 14.9. The van der Waals surface area contributed by atoms with Crippen molar-refractivity contribution in [3.05, 3.63) is 63.2 Å². The molecule has 2 aromatic rings. The zero-order valence-electron chi connectivity index (χ0n) is 13.4. The Kier molecular flexibility index (Phi) is 7.08. The first-order chi connectivity index (χ1) is 12.8. The van der Waals surface area contributed by atoms with E-state index in [1.165, 1.54) is 18.2 Å². The molecule has 0 heterocycles. The molecule has 0 fully saturated rings. The van der Waals surface area contributed by atoms with Crippen LogP contribution >= 0.6 is 23.4 Å². The van der Waals surface area contributed by atoms with Gasteiger partial charge in [0.2, 0.25) is 0 Å². The van der Waals surface area contributed by atoms with Gasteiger partial charge in [-0.2, -0.15) is 8.78 Å². The first-order valence-electron chi connectivity index (χ1n) is 7.22. The molecule has 1 N–H and O–H groups in total. The number of nitro groups is 1. The molecule has 0 aliphatic rings. The maximum Gasteiger partial charge on any atom is 0.340 e. The molecule has 2 rings (SSSR count). The molecule has 0 spiro atoms. The number of nitrogens with one attached hydrogen (secondary N) is 1. The van der Waals surface area contributed by atoms with Crippen molar-refractivity contribution in [2.24, 2.45) is 0 Å². The number of nitrogens with zero attached hydrogens (tertiary/aromatic N) is 1. The fourth-order valence-corrected chi connectivity index (χ4v) is 2.74. The number of non-ortho nitro benzene ring substituents is 1. The van der Waals surface area contributed by atoms with Crippen molar-refractivity contribution >= 4 is 46.6 Å². The van der Waals surface area contributed by atoms with Crippen molar-refractivity contribution in [1.82, 2.24) is 0 Å². The van der Waals surface area contributed by atoms with Crippen LogP contribution in [0.2, 0.25) is 5.02 Å². The highest BCUT2D eigenvalue weighted by atomic mass is 35.5. The van der Waals surface area contributed by atoms with E-state index in [1.807, 2.05) is 0 Å². The Morgan fingerprint density at radius 3 is 2.63 bits per heavy atom. The molecule has 2 aromatic carbocycles. The third kappa shape index (κ3) is 5.90. The molecular weight excluding hydrogens is 406 g/mol. The Labute approximate surface area is 160 Å². The Bertz CT molecular complexity index is 882. The molecule has 0 bridgehead atoms. The molecule has 142 valence electrons. The standard InChI is InChI=1S/C16H11ClF2N2O5S/c17-11-6-5-9(21(24)25)7-10(11)15(23)26-8-14(22)20-12-3-1-2-4-13(12)27-16(18)19/h1-7,16H,8H2,(H,20,22). The van der Waals surface area contributed by atoms with E-state index in [4.69, 9.17) is 16.3 Å². The van der Waals surface area contributed by atoms with Crippen molar-refractivity contribution in [1.29, 1.82) is 0 Å². The Morgan fingerprint density at radius 2 is 1.96 bits per heavy atom. The van der Waals surface area contributed by atoms with Gasteiger partial charge < -0.3 is 10.1 Å². The van der Waals surface area contributed by atoms with Gasteiger partial charge in [-0.3, -0.25) is 14.9 Å². The second-order valence-electron chi connectivity index (χ2n) is 4.92. The number of amides is 1. The highest BCUT2D eigenvalue weighted by molar-refractivity contribution is 7.99. The van der Waals surface area contributed by atoms with Gasteiger partial charge >= 0.3 is 5.97 Å². The van der Waals surface area contributed by atoms with E-state index in [9.17, 15) is 28.5 Å². The number of carbonyl (C=O) groups excluding carboxylic acids is 2. The molecule has 0 saturated carbocycles. The van der Waals surface area contributed by atoms with Crippen LogP contribution < -0.4 is 5.32 Å². The topological polar surface area (TPSA) is 98.5 Å². The Hall–Kier alpha value is -2.72. The van der Waals surface area contributed by atoms with Crippen LogP contribution in [0.25, 0.3) is 0 Å². The van der Waals surface area contributed by atoms with Crippen LogP contribution in [0.1, 0.15) is 10.4 Å². The van der Waals surface area contributed by atoms with Crippen molar-refractivity contribution < 1.29 is 28.0 Å². The number of carbonyl (C=O) groups is 2. The van der Waals surface area contributed by atoms with Crippen molar-refractivity contribution in [3.8, 4) is 0 Å². The average molecular weight is 417 g/mol. The smallest absolute Gasteiger partial charge is 0.340 e. The van der Waals surface area contributed by atoms with Crippen LogP contribution in [-0.4, -0.2) is 29.2 Å². The van der Waals surface area contributed by atoms with E-state index in [0.29, 0.717) is 0 Å². The first kappa shape index (κ1) is 20.6. The van der Waals surface area contributed by atoms with Gasteiger partial charge in [0.15, 0.2) is 6.61 Å². The highest BCUT2D eigenvalue weighted by Crippen LogP contribution is 2.31. The number of hydrogen-bond donors (Lipinski definition) is 1. The summed E-state index contributed by atoms with van der Waals surface area (Å²) in [5.74, 6) is -4.47. The molecule has 0 saturated heterocycles. The maximum absolute atomic E-state index is 12.5. The molecular formula is C16H11ClF2N2O5S. The second kappa shape index (κ2) is 9.28. The Morgan fingerprint density at radius 1 is 1.26 bits per heavy atom. The molecule has 0 aliphatic carbocycles. The maximum atomic E-state index is 12.5. The van der Waals surface area contributed by atoms with E-state index in [2.05, 4.69) is 5.32 Å². The number of anilines is 1. The third-order valence-electron chi connectivity index (χ3n) is 3.09. The lowest BCUT2D eigenvalue weighted by atomic mass is 10.2. The number of alkyl halides is 2. The average Bonchev–Trinajstić information content (AvgIpc) is 2.61. The lowest BCUT2D eigenvalue weighted by Crippen LogP contribution is -2.21. The van der Waals surface area contributed by atoms with Gasteiger partial charge in [-0.25, -0.2) is 4.79 Å². The minimum absolute atomic E-state index is 0.0790. The van der Waals surface area contributed by atoms with Gasteiger partial charge in [-0.15, -0.1) is 0 Å². The lowest BCUT2D eigenvalue weighted by molar-refractivity contribution is -0.384. The van der Waals surface area contributed by atoms with Gasteiger partial charge in [-0.05, 0) is 18.2 Å². The summed E-state index contributed by atoms with van der Waals surface area (Å²) in [4.78, 5) is 34.1. The van der Waals surface area contributed by atoms with Gasteiger partial charge in [0, 0.05) is 17.0 Å². The van der Waals surface area contributed by atoms with Crippen LogP contribution in [0.4, 0.5) is 20.2 Å². The number of rotatable bonds is 7. The van der Waals surface area contributed by atoms with Gasteiger partial charge in [0.1, 0.15) is 0 Å². The SMILES string of the molecule is O=C(COC(=O)c1cc([N+](=O)[O-])ccc1Cl)Nc1ccccc1SC(F)F. The van der Waals surface area contributed by atoms with Crippen molar-refractivity contribution in [3.63, 3.8) is 0 Å². The summed E-state index contributed by atoms with van der Waals surface area (Å²) in [6.45, 7) is -0.731. The van der Waals surface area contributed by atoms with E-state index in [0.717, 1.165) is 18.2 Å². The van der Waals surface area contributed by atoms with E-state index < -0.39 is 29.2 Å². The summed E-state index contributed by atoms with van der Waals surface area (Å²) in [5.41, 5.74) is -0.502. The lowest BCUT2D eigenvalue weighted by Gasteiger charge is -2.11. The normalized spacial score (nSPS) is 10.5. The number of ether oxygens (including phenoxy) is 1. The predicted molar refractivity (Wildman–Crippen MR) is 95.3 cm³/mol. The summed E-state index contributed by atoms with van der Waals surface area (Å²) < 4.78 is 29.8. The van der Waals surface area contributed by atoms with Gasteiger partial charge in [-0.1, -0.05) is 35.5 Å².